The van der Waals surface area contributed by atoms with E-state index < -0.39 is 0 Å². The SMILES string of the molecule is OCCCSCCCCc1cccc(Cl)c1Cl. The fourth-order valence-corrected chi connectivity index (χ4v) is 2.89. The molecule has 4 heteroatoms. The lowest BCUT2D eigenvalue weighted by Gasteiger charge is -2.05. The summed E-state index contributed by atoms with van der Waals surface area (Å²) < 4.78 is 0. The van der Waals surface area contributed by atoms with Crippen LogP contribution in [0.2, 0.25) is 10.0 Å². The molecular formula is C13H18Cl2OS. The molecule has 0 aromatic heterocycles. The minimum absolute atomic E-state index is 0.297. The van der Waals surface area contributed by atoms with Crippen LogP contribution in [0.5, 0.6) is 0 Å². The third-order valence-corrected chi connectivity index (χ3v) is 4.48. The van der Waals surface area contributed by atoms with Gasteiger partial charge in [-0.3, -0.25) is 0 Å². The first-order valence-electron chi connectivity index (χ1n) is 5.87. The molecule has 0 aliphatic carbocycles. The molecular weight excluding hydrogens is 275 g/mol. The molecule has 0 bridgehead atoms. The van der Waals surface area contributed by atoms with E-state index in [-0.39, 0.29) is 0 Å². The molecule has 0 amide bonds. The smallest absolute Gasteiger partial charge is 0.0624 e. The van der Waals surface area contributed by atoms with E-state index in [1.807, 2.05) is 30.0 Å². The number of unbranched alkanes of at least 4 members (excludes halogenated alkanes) is 1. The summed E-state index contributed by atoms with van der Waals surface area (Å²) >= 11 is 14.0. The molecule has 0 saturated heterocycles. The Bertz CT molecular complexity index is 331. The molecule has 0 saturated carbocycles. The van der Waals surface area contributed by atoms with Gasteiger partial charge in [-0.15, -0.1) is 0 Å². The van der Waals surface area contributed by atoms with Crippen LogP contribution in [0.15, 0.2) is 18.2 Å². The van der Waals surface area contributed by atoms with Crippen LogP contribution in [-0.4, -0.2) is 23.2 Å². The third kappa shape index (κ3) is 6.01. The highest BCUT2D eigenvalue weighted by atomic mass is 35.5. The minimum atomic E-state index is 0.297. The lowest BCUT2D eigenvalue weighted by atomic mass is 10.1. The number of aliphatic hydroxyl groups is 1. The van der Waals surface area contributed by atoms with Crippen LogP contribution < -0.4 is 0 Å². The quantitative estimate of drug-likeness (QED) is 0.715. The monoisotopic (exact) mass is 292 g/mol. The molecule has 0 heterocycles. The normalized spacial score (nSPS) is 10.8. The van der Waals surface area contributed by atoms with Crippen molar-refractivity contribution in [3.05, 3.63) is 33.8 Å². The summed E-state index contributed by atoms with van der Waals surface area (Å²) in [4.78, 5) is 0. The number of rotatable bonds is 8. The summed E-state index contributed by atoms with van der Waals surface area (Å²) in [6.07, 6.45) is 4.19. The summed E-state index contributed by atoms with van der Waals surface area (Å²) in [5.41, 5.74) is 1.14. The standard InChI is InChI=1S/C13H18Cl2OS/c14-12-7-3-6-11(13(12)15)5-1-2-9-17-10-4-8-16/h3,6-7,16H,1-2,4-5,8-10H2. The number of aliphatic hydroxyl groups excluding tert-OH is 1. The van der Waals surface area contributed by atoms with Gasteiger partial charge in [-0.05, 0) is 48.8 Å². The van der Waals surface area contributed by atoms with E-state index in [9.17, 15) is 0 Å². The van der Waals surface area contributed by atoms with Gasteiger partial charge in [0.15, 0.2) is 0 Å². The van der Waals surface area contributed by atoms with Crippen LogP contribution in [0.3, 0.4) is 0 Å². The first kappa shape index (κ1) is 15.2. The van der Waals surface area contributed by atoms with Gasteiger partial charge in [0.2, 0.25) is 0 Å². The van der Waals surface area contributed by atoms with Crippen LogP contribution in [0, 0.1) is 0 Å². The minimum Gasteiger partial charge on any atom is -0.396 e. The van der Waals surface area contributed by atoms with E-state index in [1.165, 1.54) is 6.42 Å². The van der Waals surface area contributed by atoms with E-state index in [4.69, 9.17) is 28.3 Å². The Morgan fingerprint density at radius 3 is 2.59 bits per heavy atom. The average Bonchev–Trinajstić information content (AvgIpc) is 2.33. The second-order valence-corrected chi connectivity index (χ2v) is 5.87. The maximum absolute atomic E-state index is 8.63. The van der Waals surface area contributed by atoms with Gasteiger partial charge < -0.3 is 5.11 Å². The predicted octanol–water partition coefficient (Wildman–Crippen LogP) is 4.43. The second kappa shape index (κ2) is 9.09. The number of thioether (sulfide) groups is 1. The maximum Gasteiger partial charge on any atom is 0.0624 e. The van der Waals surface area contributed by atoms with Crippen LogP contribution in [0.4, 0.5) is 0 Å². The maximum atomic E-state index is 8.63. The zero-order valence-electron chi connectivity index (χ0n) is 9.79. The number of halogens is 2. The fourth-order valence-electron chi connectivity index (χ4n) is 1.53. The van der Waals surface area contributed by atoms with E-state index in [1.54, 1.807) is 0 Å². The fraction of sp³-hybridized carbons (Fsp3) is 0.538. The molecule has 96 valence electrons. The lowest BCUT2D eigenvalue weighted by Crippen LogP contribution is -1.91. The van der Waals surface area contributed by atoms with Crippen molar-refractivity contribution in [2.75, 3.05) is 18.1 Å². The Morgan fingerprint density at radius 2 is 1.82 bits per heavy atom. The molecule has 17 heavy (non-hydrogen) atoms. The highest BCUT2D eigenvalue weighted by molar-refractivity contribution is 7.99. The summed E-state index contributed by atoms with van der Waals surface area (Å²) in [7, 11) is 0. The van der Waals surface area contributed by atoms with E-state index in [0.29, 0.717) is 16.7 Å². The molecule has 1 aromatic rings. The van der Waals surface area contributed by atoms with Gasteiger partial charge in [0.25, 0.3) is 0 Å². The number of benzene rings is 1. The van der Waals surface area contributed by atoms with Crippen LogP contribution >= 0.6 is 35.0 Å². The molecule has 0 spiro atoms. The molecule has 0 fully saturated rings. The summed E-state index contributed by atoms with van der Waals surface area (Å²) in [6.45, 7) is 0.297. The van der Waals surface area contributed by atoms with Crippen LogP contribution in [0.25, 0.3) is 0 Å². The van der Waals surface area contributed by atoms with Crippen LogP contribution in [0.1, 0.15) is 24.8 Å². The van der Waals surface area contributed by atoms with Crippen molar-refractivity contribution in [1.82, 2.24) is 0 Å². The molecule has 1 nitrogen and oxygen atoms in total. The number of hydrogen-bond acceptors (Lipinski definition) is 2. The zero-order chi connectivity index (χ0) is 12.5. The van der Waals surface area contributed by atoms with Crippen molar-refractivity contribution in [1.29, 1.82) is 0 Å². The number of hydrogen-bond donors (Lipinski definition) is 1. The highest BCUT2D eigenvalue weighted by Crippen LogP contribution is 2.26. The van der Waals surface area contributed by atoms with Gasteiger partial charge in [-0.25, -0.2) is 0 Å². The molecule has 0 unspecified atom stereocenters. The average molecular weight is 293 g/mol. The van der Waals surface area contributed by atoms with Crippen molar-refractivity contribution in [3.8, 4) is 0 Å². The van der Waals surface area contributed by atoms with Crippen molar-refractivity contribution < 1.29 is 5.11 Å². The second-order valence-electron chi connectivity index (χ2n) is 3.86. The molecule has 1 rings (SSSR count). The van der Waals surface area contributed by atoms with Gasteiger partial charge in [-0.2, -0.15) is 11.8 Å². The van der Waals surface area contributed by atoms with Gasteiger partial charge >= 0.3 is 0 Å². The first-order chi connectivity index (χ1) is 8.25. The zero-order valence-corrected chi connectivity index (χ0v) is 12.1. The van der Waals surface area contributed by atoms with Gasteiger partial charge in [-0.1, -0.05) is 35.3 Å². The van der Waals surface area contributed by atoms with E-state index >= 15 is 0 Å². The van der Waals surface area contributed by atoms with Gasteiger partial charge in [0.1, 0.15) is 0 Å². The van der Waals surface area contributed by atoms with Gasteiger partial charge in [0.05, 0.1) is 10.0 Å². The molecule has 1 aromatic carbocycles. The largest absolute Gasteiger partial charge is 0.396 e. The Morgan fingerprint density at radius 1 is 1.06 bits per heavy atom. The molecule has 0 radical (unpaired) electrons. The molecule has 0 atom stereocenters. The Labute approximate surface area is 118 Å². The van der Waals surface area contributed by atoms with Crippen molar-refractivity contribution >= 4 is 35.0 Å². The van der Waals surface area contributed by atoms with Crippen molar-refractivity contribution in [2.24, 2.45) is 0 Å². The summed E-state index contributed by atoms with van der Waals surface area (Å²) in [6, 6.07) is 5.80. The van der Waals surface area contributed by atoms with E-state index in [2.05, 4.69) is 0 Å². The summed E-state index contributed by atoms with van der Waals surface area (Å²) in [5.74, 6) is 2.20. The molecule has 0 aliphatic heterocycles. The Balaban J connectivity index is 2.16. The number of aryl methyl sites for hydroxylation is 1. The molecule has 0 aliphatic rings. The van der Waals surface area contributed by atoms with Gasteiger partial charge in [0, 0.05) is 6.61 Å². The van der Waals surface area contributed by atoms with E-state index in [0.717, 1.165) is 36.3 Å². The lowest BCUT2D eigenvalue weighted by molar-refractivity contribution is 0.296. The summed E-state index contributed by atoms with van der Waals surface area (Å²) in [5, 5.41) is 9.97. The Kier molecular flexibility index (Phi) is 8.12. The predicted molar refractivity (Wildman–Crippen MR) is 78.4 cm³/mol. The third-order valence-electron chi connectivity index (χ3n) is 2.46. The topological polar surface area (TPSA) is 20.2 Å². The Hall–Kier alpha value is 0.110. The van der Waals surface area contributed by atoms with Crippen molar-refractivity contribution in [3.63, 3.8) is 0 Å². The van der Waals surface area contributed by atoms with Crippen LogP contribution in [-0.2, 0) is 6.42 Å². The van der Waals surface area contributed by atoms with Crippen molar-refractivity contribution in [2.45, 2.75) is 25.7 Å². The highest BCUT2D eigenvalue weighted by Gasteiger charge is 2.03. The molecule has 1 N–H and O–H groups in total. The first-order valence-corrected chi connectivity index (χ1v) is 7.78.